The van der Waals surface area contributed by atoms with Crippen molar-refractivity contribution in [3.63, 3.8) is 0 Å². The molecule has 0 radical (unpaired) electrons. The van der Waals surface area contributed by atoms with Gasteiger partial charge in [0.15, 0.2) is 5.69 Å². The topological polar surface area (TPSA) is 73.7 Å². The monoisotopic (exact) mass is 469 g/mol. The highest BCUT2D eigenvalue weighted by molar-refractivity contribution is 6.05. The van der Waals surface area contributed by atoms with Crippen molar-refractivity contribution in [1.82, 2.24) is 14.7 Å². The van der Waals surface area contributed by atoms with E-state index in [1.165, 1.54) is 4.68 Å². The van der Waals surface area contributed by atoms with E-state index in [2.05, 4.69) is 5.10 Å². The van der Waals surface area contributed by atoms with E-state index in [9.17, 15) is 9.59 Å². The van der Waals surface area contributed by atoms with Gasteiger partial charge in [-0.2, -0.15) is 5.10 Å². The molecule has 35 heavy (non-hydrogen) atoms. The predicted octanol–water partition coefficient (Wildman–Crippen LogP) is 4.44. The van der Waals surface area contributed by atoms with Crippen molar-refractivity contribution >= 4 is 16.7 Å². The lowest BCUT2D eigenvalue weighted by molar-refractivity contribution is 0.0727. The van der Waals surface area contributed by atoms with Gasteiger partial charge in [-0.05, 0) is 42.7 Å². The summed E-state index contributed by atoms with van der Waals surface area (Å²) in [4.78, 5) is 29.0. The number of fused-ring (bicyclic) bond motifs is 1. The number of carbonyl (C=O) groups excluding carboxylic acids is 1. The van der Waals surface area contributed by atoms with Crippen LogP contribution in [0.15, 0.2) is 77.6 Å². The highest BCUT2D eigenvalue weighted by Gasteiger charge is 2.34. The first kappa shape index (κ1) is 22.7. The third kappa shape index (κ3) is 4.25. The zero-order valence-corrected chi connectivity index (χ0v) is 19.8. The molecule has 4 aromatic rings. The minimum absolute atomic E-state index is 0.178. The molecule has 5 rings (SSSR count). The molecular weight excluding hydrogens is 442 g/mol. The first-order valence-corrected chi connectivity index (χ1v) is 11.7. The van der Waals surface area contributed by atoms with Gasteiger partial charge in [0.2, 0.25) is 0 Å². The predicted molar refractivity (Wildman–Crippen MR) is 134 cm³/mol. The lowest BCUT2D eigenvalue weighted by Gasteiger charge is -2.27. The molecule has 1 saturated heterocycles. The zero-order valence-electron chi connectivity index (χ0n) is 19.8. The fraction of sp³-hybridized carbons (Fsp3) is 0.250. The highest BCUT2D eigenvalue weighted by atomic mass is 16.5. The van der Waals surface area contributed by atoms with E-state index in [0.29, 0.717) is 28.8 Å². The Morgan fingerprint density at radius 3 is 2.46 bits per heavy atom. The Labute approximate surface area is 203 Å². The van der Waals surface area contributed by atoms with Crippen LogP contribution in [0.4, 0.5) is 0 Å². The van der Waals surface area contributed by atoms with Crippen molar-refractivity contribution < 1.29 is 14.3 Å². The third-order valence-corrected chi connectivity index (χ3v) is 6.56. The first-order chi connectivity index (χ1) is 17.1. The lowest BCUT2D eigenvalue weighted by Crippen LogP contribution is -2.34. The Kier molecular flexibility index (Phi) is 6.23. The molecule has 7 nitrogen and oxygen atoms in total. The molecule has 1 amide bonds. The number of aromatic nitrogens is 2. The van der Waals surface area contributed by atoms with E-state index < -0.39 is 0 Å². The number of hydrogen-bond donors (Lipinski definition) is 0. The number of amides is 1. The van der Waals surface area contributed by atoms with Gasteiger partial charge < -0.3 is 14.4 Å². The molecule has 1 aliphatic rings. The van der Waals surface area contributed by atoms with E-state index in [1.54, 1.807) is 26.4 Å². The quantitative estimate of drug-likeness (QED) is 0.417. The smallest absolute Gasteiger partial charge is 0.275 e. The Morgan fingerprint density at radius 2 is 1.71 bits per heavy atom. The van der Waals surface area contributed by atoms with Crippen molar-refractivity contribution in [2.45, 2.75) is 25.4 Å². The Balaban J connectivity index is 1.59. The summed E-state index contributed by atoms with van der Waals surface area (Å²) in [5, 5.41) is 5.65. The van der Waals surface area contributed by atoms with E-state index in [4.69, 9.17) is 9.47 Å². The fourth-order valence-corrected chi connectivity index (χ4v) is 4.83. The van der Waals surface area contributed by atoms with Crippen LogP contribution in [0.25, 0.3) is 10.8 Å². The molecule has 0 spiro atoms. The van der Waals surface area contributed by atoms with E-state index in [0.717, 1.165) is 24.0 Å². The molecule has 1 fully saturated rings. The number of carbonyl (C=O) groups is 1. The number of ether oxygens (including phenoxy) is 2. The van der Waals surface area contributed by atoms with Gasteiger partial charge in [0.25, 0.3) is 11.5 Å². The number of nitrogens with zero attached hydrogens (tertiary/aromatic N) is 3. The Hall–Kier alpha value is -4.13. The van der Waals surface area contributed by atoms with E-state index >= 15 is 0 Å². The Morgan fingerprint density at radius 1 is 0.971 bits per heavy atom. The maximum Gasteiger partial charge on any atom is 0.275 e. The van der Waals surface area contributed by atoms with E-state index in [1.807, 2.05) is 65.6 Å². The van der Waals surface area contributed by atoms with Gasteiger partial charge in [0.1, 0.15) is 11.5 Å². The van der Waals surface area contributed by atoms with Gasteiger partial charge >= 0.3 is 0 Å². The molecule has 1 aliphatic heterocycles. The average molecular weight is 470 g/mol. The third-order valence-electron chi connectivity index (χ3n) is 6.56. The van der Waals surface area contributed by atoms with E-state index in [-0.39, 0.29) is 29.7 Å². The van der Waals surface area contributed by atoms with Gasteiger partial charge in [0.05, 0.1) is 32.2 Å². The van der Waals surface area contributed by atoms with Crippen LogP contribution in [-0.2, 0) is 6.54 Å². The second-order valence-electron chi connectivity index (χ2n) is 8.61. The van der Waals surface area contributed by atoms with Crippen LogP contribution in [0.3, 0.4) is 0 Å². The Bertz CT molecular complexity index is 1430. The molecule has 0 bridgehead atoms. The molecule has 7 heteroatoms. The van der Waals surface area contributed by atoms with Crippen LogP contribution in [0.5, 0.6) is 11.5 Å². The van der Waals surface area contributed by atoms with Gasteiger partial charge in [-0.25, -0.2) is 4.68 Å². The molecule has 0 N–H and O–H groups in total. The summed E-state index contributed by atoms with van der Waals surface area (Å²) in [6, 6.07) is 22.3. The second kappa shape index (κ2) is 9.62. The minimum Gasteiger partial charge on any atom is -0.497 e. The number of methoxy groups -OCH3 is 2. The molecule has 3 aromatic carbocycles. The number of hydrogen-bond acceptors (Lipinski definition) is 5. The van der Waals surface area contributed by atoms with Crippen LogP contribution in [0.2, 0.25) is 0 Å². The maximum atomic E-state index is 14.0. The zero-order chi connectivity index (χ0) is 24.4. The molecule has 1 atom stereocenters. The van der Waals surface area contributed by atoms with Crippen LogP contribution in [0.1, 0.15) is 40.5 Å². The van der Waals surface area contributed by atoms with Gasteiger partial charge in [0, 0.05) is 17.5 Å². The van der Waals surface area contributed by atoms with Crippen LogP contribution >= 0.6 is 0 Å². The number of rotatable bonds is 6. The summed E-state index contributed by atoms with van der Waals surface area (Å²) in [6.45, 7) is 0.885. The maximum absolute atomic E-state index is 14.0. The van der Waals surface area contributed by atoms with Gasteiger partial charge in [-0.15, -0.1) is 0 Å². The highest BCUT2D eigenvalue weighted by Crippen LogP contribution is 2.39. The average Bonchev–Trinajstić information content (AvgIpc) is 3.40. The van der Waals surface area contributed by atoms with Crippen LogP contribution in [0, 0.1) is 0 Å². The summed E-state index contributed by atoms with van der Waals surface area (Å²) in [7, 11) is 3.25. The van der Waals surface area contributed by atoms with Crippen molar-refractivity contribution in [1.29, 1.82) is 0 Å². The van der Waals surface area contributed by atoms with Gasteiger partial charge in [-0.3, -0.25) is 9.59 Å². The fourth-order valence-electron chi connectivity index (χ4n) is 4.83. The molecule has 0 aliphatic carbocycles. The molecule has 1 aromatic heterocycles. The summed E-state index contributed by atoms with van der Waals surface area (Å²) < 4.78 is 12.4. The summed E-state index contributed by atoms with van der Waals surface area (Å²) in [6.07, 6.45) is 1.66. The largest absolute Gasteiger partial charge is 0.497 e. The summed E-state index contributed by atoms with van der Waals surface area (Å²) in [5.74, 6) is 1.22. The van der Waals surface area contributed by atoms with Crippen molar-refractivity contribution in [2.75, 3.05) is 20.8 Å². The van der Waals surface area contributed by atoms with Crippen molar-refractivity contribution in [3.05, 3.63) is 100.0 Å². The standard InChI is InChI=1S/C28H27N3O4/c1-34-20-14-15-25(35-2)23(17-20)24-13-8-16-30(24)28(33)26-21-11-6-7-12-22(21)27(32)31(29-26)18-19-9-4-3-5-10-19/h3-7,9-12,14-15,17,24H,8,13,16,18H2,1-2H3. The summed E-state index contributed by atoms with van der Waals surface area (Å²) >= 11 is 0. The number of benzene rings is 3. The molecule has 1 unspecified atom stereocenters. The van der Waals surface area contributed by atoms with Crippen LogP contribution in [-0.4, -0.2) is 41.4 Å². The van der Waals surface area contributed by atoms with Crippen LogP contribution < -0.4 is 15.0 Å². The number of likely N-dealkylation sites (tertiary alicyclic amines) is 1. The molecular formula is C28H27N3O4. The minimum atomic E-state index is -0.214. The molecule has 178 valence electrons. The van der Waals surface area contributed by atoms with Gasteiger partial charge in [-0.1, -0.05) is 48.5 Å². The normalized spacial score (nSPS) is 15.4. The molecule has 2 heterocycles. The second-order valence-corrected chi connectivity index (χ2v) is 8.61. The SMILES string of the molecule is COc1ccc(OC)c(C2CCCN2C(=O)c2nn(Cc3ccccc3)c(=O)c3ccccc23)c1. The molecule has 0 saturated carbocycles. The first-order valence-electron chi connectivity index (χ1n) is 11.7. The van der Waals surface area contributed by atoms with Crippen molar-refractivity contribution in [3.8, 4) is 11.5 Å². The lowest BCUT2D eigenvalue weighted by atomic mass is 10.0. The van der Waals surface area contributed by atoms with Crippen molar-refractivity contribution in [2.24, 2.45) is 0 Å². The summed E-state index contributed by atoms with van der Waals surface area (Å²) in [5.41, 5.74) is 1.91.